The molecule has 1 aliphatic carbocycles. The van der Waals surface area contributed by atoms with Gasteiger partial charge in [0.25, 0.3) is 0 Å². The minimum Gasteiger partial charge on any atom is -0.497 e. The summed E-state index contributed by atoms with van der Waals surface area (Å²) in [6.45, 7) is 1.30. The molecule has 38 heavy (non-hydrogen) atoms. The Labute approximate surface area is 233 Å². The molecule has 0 spiro atoms. The van der Waals surface area contributed by atoms with Crippen molar-refractivity contribution in [2.45, 2.75) is 57.7 Å². The second kappa shape index (κ2) is 13.3. The van der Waals surface area contributed by atoms with Gasteiger partial charge in [0.05, 0.1) is 26.2 Å². The molecule has 1 unspecified atom stereocenters. The number of nitrogens with one attached hydrogen (secondary N) is 1. The third-order valence-electron chi connectivity index (χ3n) is 6.72. The summed E-state index contributed by atoms with van der Waals surface area (Å²) in [6, 6.07) is 11.4. The largest absolute Gasteiger partial charge is 0.497 e. The Bertz CT molecular complexity index is 1220. The van der Waals surface area contributed by atoms with Gasteiger partial charge >= 0.3 is 0 Å². The number of halogens is 1. The Morgan fingerprint density at radius 1 is 1.05 bits per heavy atom. The monoisotopic (exact) mass is 609 g/mol. The van der Waals surface area contributed by atoms with Crippen molar-refractivity contribution in [3.8, 4) is 11.5 Å². The van der Waals surface area contributed by atoms with Crippen LogP contribution in [0.2, 0.25) is 0 Å². The Balaban J connectivity index is 1.93. The smallest absolute Gasteiger partial charge is 0.244 e. The molecule has 1 N–H and O–H groups in total. The molecule has 0 saturated heterocycles. The first kappa shape index (κ1) is 29.8. The van der Waals surface area contributed by atoms with Crippen LogP contribution in [0.1, 0.15) is 44.6 Å². The van der Waals surface area contributed by atoms with Gasteiger partial charge in [0.1, 0.15) is 24.1 Å². The minimum absolute atomic E-state index is 0.0805. The molecule has 2 aromatic carbocycles. The van der Waals surface area contributed by atoms with E-state index in [9.17, 15) is 18.0 Å². The van der Waals surface area contributed by atoms with Gasteiger partial charge in [-0.15, -0.1) is 0 Å². The lowest BCUT2D eigenvalue weighted by atomic mass is 9.95. The van der Waals surface area contributed by atoms with Crippen LogP contribution in [-0.2, 0) is 26.2 Å². The van der Waals surface area contributed by atoms with Crippen LogP contribution >= 0.6 is 15.9 Å². The molecule has 9 nitrogen and oxygen atoms in total. The molecule has 1 saturated carbocycles. The second-order valence-corrected chi connectivity index (χ2v) is 12.3. The lowest BCUT2D eigenvalue weighted by Crippen LogP contribution is -2.53. The van der Waals surface area contributed by atoms with Crippen molar-refractivity contribution in [2.24, 2.45) is 0 Å². The lowest BCUT2D eigenvalue weighted by Gasteiger charge is -2.33. The van der Waals surface area contributed by atoms with E-state index in [0.29, 0.717) is 5.75 Å². The predicted octanol–water partition coefficient (Wildman–Crippen LogP) is 4.10. The third kappa shape index (κ3) is 7.86. The summed E-state index contributed by atoms with van der Waals surface area (Å²) in [5, 5.41) is 3.09. The SMILES string of the molecule is COc1ccc(OC)c(N(CC(=O)N(Cc2ccc(Br)cc2)C(C)C(=O)NC2CCCCC2)S(C)(=O)=O)c1. The van der Waals surface area contributed by atoms with Crippen LogP contribution in [0, 0.1) is 0 Å². The molecule has 0 heterocycles. The zero-order valence-electron chi connectivity index (χ0n) is 22.3. The number of carbonyl (C=O) groups is 2. The highest BCUT2D eigenvalue weighted by molar-refractivity contribution is 9.10. The number of nitrogens with zero attached hydrogens (tertiary/aromatic N) is 2. The molecule has 2 aromatic rings. The highest BCUT2D eigenvalue weighted by Crippen LogP contribution is 2.34. The van der Waals surface area contributed by atoms with E-state index in [-0.39, 0.29) is 29.9 Å². The van der Waals surface area contributed by atoms with Gasteiger partial charge in [-0.2, -0.15) is 0 Å². The topological polar surface area (TPSA) is 105 Å². The average Bonchev–Trinajstić information content (AvgIpc) is 2.90. The minimum atomic E-state index is -3.91. The van der Waals surface area contributed by atoms with Crippen LogP contribution in [0.5, 0.6) is 11.5 Å². The normalized spacial score (nSPS) is 14.9. The Kier molecular flexibility index (Phi) is 10.4. The fourth-order valence-electron chi connectivity index (χ4n) is 4.52. The molecule has 0 aliphatic heterocycles. The van der Waals surface area contributed by atoms with Crippen molar-refractivity contribution < 1.29 is 27.5 Å². The second-order valence-electron chi connectivity index (χ2n) is 9.48. The van der Waals surface area contributed by atoms with E-state index in [2.05, 4.69) is 21.2 Å². The summed E-state index contributed by atoms with van der Waals surface area (Å²) in [6.07, 6.45) is 6.13. The van der Waals surface area contributed by atoms with E-state index in [0.717, 1.165) is 52.7 Å². The van der Waals surface area contributed by atoms with Gasteiger partial charge in [-0.3, -0.25) is 13.9 Å². The van der Waals surface area contributed by atoms with Crippen molar-refractivity contribution in [1.82, 2.24) is 10.2 Å². The fraction of sp³-hybridized carbons (Fsp3) is 0.481. The van der Waals surface area contributed by atoms with Crippen LogP contribution in [0.15, 0.2) is 46.9 Å². The van der Waals surface area contributed by atoms with Crippen molar-refractivity contribution >= 4 is 43.5 Å². The highest BCUT2D eigenvalue weighted by Gasteiger charge is 2.32. The van der Waals surface area contributed by atoms with E-state index < -0.39 is 28.5 Å². The Hall–Kier alpha value is -2.79. The van der Waals surface area contributed by atoms with E-state index in [1.54, 1.807) is 19.1 Å². The average molecular weight is 611 g/mol. The number of rotatable bonds is 11. The van der Waals surface area contributed by atoms with Gasteiger partial charge in [-0.25, -0.2) is 8.42 Å². The molecule has 2 amide bonds. The van der Waals surface area contributed by atoms with Crippen LogP contribution in [0.4, 0.5) is 5.69 Å². The molecular formula is C27H36BrN3O6S. The first-order chi connectivity index (χ1) is 18.0. The number of amides is 2. The van der Waals surface area contributed by atoms with E-state index in [4.69, 9.17) is 9.47 Å². The van der Waals surface area contributed by atoms with Gasteiger partial charge in [-0.05, 0) is 49.6 Å². The van der Waals surface area contributed by atoms with E-state index in [1.807, 2.05) is 24.3 Å². The molecule has 1 fully saturated rings. The van der Waals surface area contributed by atoms with Gasteiger partial charge in [0.2, 0.25) is 21.8 Å². The third-order valence-corrected chi connectivity index (χ3v) is 8.37. The fourth-order valence-corrected chi connectivity index (χ4v) is 5.63. The zero-order valence-corrected chi connectivity index (χ0v) is 24.7. The summed E-state index contributed by atoms with van der Waals surface area (Å²) >= 11 is 3.41. The van der Waals surface area contributed by atoms with E-state index in [1.165, 1.54) is 25.2 Å². The number of methoxy groups -OCH3 is 2. The number of ether oxygens (including phenoxy) is 2. The zero-order chi connectivity index (χ0) is 27.9. The maximum atomic E-state index is 13.8. The first-order valence-electron chi connectivity index (χ1n) is 12.6. The van der Waals surface area contributed by atoms with Crippen molar-refractivity contribution in [1.29, 1.82) is 0 Å². The van der Waals surface area contributed by atoms with Gasteiger partial charge in [0.15, 0.2) is 0 Å². The number of carbonyl (C=O) groups excluding carboxylic acids is 2. The summed E-state index contributed by atoms with van der Waals surface area (Å²) in [5.41, 5.74) is 0.981. The molecule has 3 rings (SSSR count). The first-order valence-corrected chi connectivity index (χ1v) is 15.2. The van der Waals surface area contributed by atoms with Gasteiger partial charge < -0.3 is 19.7 Å². The molecule has 1 aliphatic rings. The standard InChI is InChI=1S/C27H36BrN3O6S/c1-19(27(33)29-22-8-6-5-7-9-22)30(17-20-10-12-21(28)13-11-20)26(32)18-31(38(4,34)35)24-16-23(36-2)14-15-25(24)37-3/h10-16,19,22H,5-9,17-18H2,1-4H3,(H,29,33). The summed E-state index contributed by atoms with van der Waals surface area (Å²) in [4.78, 5) is 28.5. The highest BCUT2D eigenvalue weighted by atomic mass is 79.9. The molecule has 208 valence electrons. The molecular weight excluding hydrogens is 574 g/mol. The van der Waals surface area contributed by atoms with Crippen LogP contribution in [0.25, 0.3) is 0 Å². The number of benzene rings is 2. The molecule has 0 bridgehead atoms. The van der Waals surface area contributed by atoms with Crippen molar-refractivity contribution in [3.05, 3.63) is 52.5 Å². The molecule has 1 atom stereocenters. The predicted molar refractivity (Wildman–Crippen MR) is 151 cm³/mol. The number of hydrogen-bond donors (Lipinski definition) is 1. The summed E-state index contributed by atoms with van der Waals surface area (Å²) < 4.78 is 38.3. The van der Waals surface area contributed by atoms with Gasteiger partial charge in [-0.1, -0.05) is 47.3 Å². The van der Waals surface area contributed by atoms with Crippen molar-refractivity contribution in [3.63, 3.8) is 0 Å². The number of anilines is 1. The van der Waals surface area contributed by atoms with Crippen LogP contribution < -0.4 is 19.1 Å². The summed E-state index contributed by atoms with van der Waals surface area (Å²) in [7, 11) is -1.02. The molecule has 0 radical (unpaired) electrons. The molecule has 0 aromatic heterocycles. The maximum absolute atomic E-state index is 13.8. The number of sulfonamides is 1. The quantitative estimate of drug-likeness (QED) is 0.411. The Morgan fingerprint density at radius 2 is 1.71 bits per heavy atom. The lowest BCUT2D eigenvalue weighted by molar-refractivity contribution is -0.139. The van der Waals surface area contributed by atoms with Gasteiger partial charge in [0, 0.05) is 23.1 Å². The van der Waals surface area contributed by atoms with Crippen molar-refractivity contribution in [2.75, 3.05) is 31.3 Å². The molecule has 11 heteroatoms. The van der Waals surface area contributed by atoms with Crippen LogP contribution in [0.3, 0.4) is 0 Å². The van der Waals surface area contributed by atoms with Crippen LogP contribution in [-0.4, -0.2) is 64.2 Å². The van der Waals surface area contributed by atoms with E-state index >= 15 is 0 Å². The number of hydrogen-bond acceptors (Lipinski definition) is 6. The summed E-state index contributed by atoms with van der Waals surface area (Å²) in [5.74, 6) is -0.0952. The Morgan fingerprint density at radius 3 is 2.29 bits per heavy atom. The maximum Gasteiger partial charge on any atom is 0.244 e.